The van der Waals surface area contributed by atoms with E-state index >= 15 is 0 Å². The van der Waals surface area contributed by atoms with Gasteiger partial charge in [0, 0.05) is 109 Å². The summed E-state index contributed by atoms with van der Waals surface area (Å²) in [6.45, 7) is 18.0. The number of nitrogen functional groups attached to an aromatic ring is 3. The van der Waals surface area contributed by atoms with E-state index in [2.05, 4.69) is 94.4 Å². The lowest BCUT2D eigenvalue weighted by Gasteiger charge is -2.26. The minimum atomic E-state index is -1.07. The van der Waals surface area contributed by atoms with Crippen molar-refractivity contribution < 1.29 is 62.7 Å². The van der Waals surface area contributed by atoms with Gasteiger partial charge in [-0.1, -0.05) is 66.7 Å². The summed E-state index contributed by atoms with van der Waals surface area (Å²) in [6.07, 6.45) is 15.4. The summed E-state index contributed by atoms with van der Waals surface area (Å²) in [5.41, 5.74) is 27.2. The van der Waals surface area contributed by atoms with Crippen molar-refractivity contribution in [2.75, 3.05) is 133 Å². The summed E-state index contributed by atoms with van der Waals surface area (Å²) in [5, 5.41) is 27.1. The van der Waals surface area contributed by atoms with E-state index < -0.39 is 30.4 Å². The third-order valence-corrected chi connectivity index (χ3v) is 21.3. The Labute approximate surface area is 705 Å². The number of amides is 6. The molecule has 4 aliphatic rings. The Morgan fingerprint density at radius 3 is 1.31 bits per heavy atom. The zero-order valence-corrected chi connectivity index (χ0v) is 70.3. The van der Waals surface area contributed by atoms with Crippen LogP contribution in [0.1, 0.15) is 137 Å². The molecule has 1 fully saturated rings. The lowest BCUT2D eigenvalue weighted by atomic mass is 10.1. The second-order valence-corrected chi connectivity index (χ2v) is 29.3. The number of hydrogen-bond donors (Lipinski definition) is 11. The maximum atomic E-state index is 13.9. The second-order valence-electron chi connectivity index (χ2n) is 27.8. The molecule has 9 aromatic rings. The highest BCUT2D eigenvalue weighted by Crippen LogP contribution is 2.49. The molecule has 1 atom stereocenters. The van der Waals surface area contributed by atoms with E-state index in [1.807, 2.05) is 27.7 Å². The number of fused-ring (bicyclic) bond motifs is 3. The fourth-order valence-corrected chi connectivity index (χ4v) is 15.2. The number of rotatable bonds is 28. The molecule has 1 saturated heterocycles. The summed E-state index contributed by atoms with van der Waals surface area (Å²) >= 11 is 25.8. The first kappa shape index (κ1) is 87.9. The van der Waals surface area contributed by atoms with E-state index in [4.69, 9.17) is 92.4 Å². The van der Waals surface area contributed by atoms with Crippen molar-refractivity contribution >= 4 is 152 Å². The zero-order valence-electron chi connectivity index (χ0n) is 67.3. The van der Waals surface area contributed by atoms with Gasteiger partial charge in [0.15, 0.2) is 29.0 Å². The number of piperidine rings is 1. The van der Waals surface area contributed by atoms with Crippen LogP contribution >= 0.6 is 46.4 Å². The van der Waals surface area contributed by atoms with Crippen molar-refractivity contribution in [2.45, 2.75) is 86.5 Å². The molecule has 4 aliphatic heterocycles. The zero-order chi connectivity index (χ0) is 85.8. The van der Waals surface area contributed by atoms with Crippen molar-refractivity contribution in [3.05, 3.63) is 165 Å². The molecule has 628 valence electrons. The van der Waals surface area contributed by atoms with Gasteiger partial charge in [0.05, 0.1) is 134 Å². The Hall–Kier alpha value is -12.0. The number of nitrogens with one attached hydrogen (secondary N) is 6. The van der Waals surface area contributed by atoms with E-state index in [0.717, 1.165) is 61.5 Å². The highest BCUT2D eigenvalue weighted by Gasteiger charge is 2.42. The van der Waals surface area contributed by atoms with Crippen LogP contribution in [0.25, 0.3) is 34.9 Å². The number of H-pyrrole nitrogens is 3. The number of likely N-dealkylation sites (tertiary alicyclic amines) is 1. The topological polar surface area (TPSA) is 470 Å². The molecule has 12 heterocycles. The molecule has 0 saturated carbocycles. The normalized spacial score (nSPS) is 14.9. The number of carbonyl (C=O) groups is 6. The van der Waals surface area contributed by atoms with Crippen molar-refractivity contribution in [1.82, 2.24) is 80.6 Å². The molecule has 0 aliphatic carbocycles. The van der Waals surface area contributed by atoms with Gasteiger partial charge in [-0.2, -0.15) is 15.0 Å². The van der Waals surface area contributed by atoms with Gasteiger partial charge in [0.2, 0.25) is 23.6 Å². The summed E-state index contributed by atoms with van der Waals surface area (Å²) < 4.78 is 27.5. The molecular formula is C80H92Cl4N22O13. The fourth-order valence-electron chi connectivity index (χ4n) is 14.1. The predicted molar refractivity (Wildman–Crippen MR) is 454 cm³/mol. The van der Waals surface area contributed by atoms with Crippen LogP contribution in [-0.4, -0.2) is 217 Å². The quantitative estimate of drug-likeness (QED) is 0.0162. The molecule has 14 N–H and O–H groups in total. The van der Waals surface area contributed by atoms with E-state index in [1.165, 1.54) is 67.6 Å². The number of methoxy groups -OCH3 is 5. The Kier molecular flexibility index (Phi) is 28.9. The number of nitrogens with two attached hydrogens (primary N) is 3. The SMILES string of the molecule is CCN(CC)CCNC(=O)c1c[nH]c(/C=C2\C(=O)N(Cc3cc(Cl)c(OC)c(OC)c3OC)c3nc(N)nc(Cl)c32)c1.COc1c(C)cnc(CN2C(=O)/C(=C\c3cc(C(=O)NCCN4CCCCC4)c[nH]3)c3c(Cl)nc(N)nc32)c1C.COc1c(C)cnc(CN2C(=O)/C(=C\c3cc(C(=O)NC[C@H](O)CO)c[nH]3)c3c(Cl)nc(N)nc32)c1C. The van der Waals surface area contributed by atoms with Gasteiger partial charge in [0.1, 0.15) is 27.0 Å². The first-order chi connectivity index (χ1) is 57.1. The second kappa shape index (κ2) is 39.1. The number of halogens is 4. The van der Waals surface area contributed by atoms with Gasteiger partial charge in [-0.25, -0.2) is 15.0 Å². The number of hydrogen-bond acceptors (Lipinski definition) is 26. The largest absolute Gasteiger partial charge is 0.496 e. The molecule has 6 amide bonds. The number of carbonyl (C=O) groups excluding carboxylic acids is 6. The van der Waals surface area contributed by atoms with Gasteiger partial charge >= 0.3 is 0 Å². The van der Waals surface area contributed by atoms with Crippen LogP contribution in [0.5, 0.6) is 28.7 Å². The fraction of sp³-hybridized carbons (Fsp3) is 0.350. The first-order valence-corrected chi connectivity index (χ1v) is 39.3. The van der Waals surface area contributed by atoms with Crippen LogP contribution in [0.15, 0.2) is 55.2 Å². The van der Waals surface area contributed by atoms with Gasteiger partial charge in [-0.3, -0.25) is 53.4 Å². The van der Waals surface area contributed by atoms with Crippen LogP contribution in [-0.2, 0) is 34.0 Å². The molecule has 119 heavy (non-hydrogen) atoms. The van der Waals surface area contributed by atoms with E-state index in [0.29, 0.717) is 104 Å². The molecule has 39 heteroatoms. The molecule has 35 nitrogen and oxygen atoms in total. The van der Waals surface area contributed by atoms with Gasteiger partial charge in [0.25, 0.3) is 35.4 Å². The number of aliphatic hydroxyl groups excluding tert-OH is 2. The summed E-state index contributed by atoms with van der Waals surface area (Å²) in [4.78, 5) is 131. The number of aromatic nitrogens is 11. The number of aromatic amines is 3. The van der Waals surface area contributed by atoms with Crippen LogP contribution in [0, 0.1) is 27.7 Å². The van der Waals surface area contributed by atoms with E-state index in [1.54, 1.807) is 75.4 Å². The molecule has 1 aromatic carbocycles. The highest BCUT2D eigenvalue weighted by atomic mass is 35.5. The predicted octanol–water partition coefficient (Wildman–Crippen LogP) is 8.47. The van der Waals surface area contributed by atoms with Gasteiger partial charge in [-0.05, 0) is 109 Å². The third kappa shape index (κ3) is 19.6. The minimum absolute atomic E-state index is 0.00980. The van der Waals surface area contributed by atoms with Gasteiger partial charge < -0.3 is 91.8 Å². The number of benzene rings is 1. The summed E-state index contributed by atoms with van der Waals surface area (Å²) in [6, 6.07) is 6.50. The average Bonchev–Trinajstić information content (AvgIpc) is 1.61. The lowest BCUT2D eigenvalue weighted by molar-refractivity contribution is -0.113. The number of pyridine rings is 2. The molecule has 0 bridgehead atoms. The van der Waals surface area contributed by atoms with E-state index in [9.17, 15) is 33.9 Å². The minimum Gasteiger partial charge on any atom is -0.496 e. The molecule has 0 radical (unpaired) electrons. The van der Waals surface area contributed by atoms with Crippen LogP contribution in [0.4, 0.5) is 35.3 Å². The Balaban J connectivity index is 0.000000175. The third-order valence-electron chi connectivity index (χ3n) is 20.2. The molecular weight excluding hydrogens is 1620 g/mol. The smallest absolute Gasteiger partial charge is 0.260 e. The maximum absolute atomic E-state index is 13.9. The molecule has 13 rings (SSSR count). The van der Waals surface area contributed by atoms with Crippen molar-refractivity contribution in [1.29, 1.82) is 0 Å². The number of ether oxygens (including phenoxy) is 5. The maximum Gasteiger partial charge on any atom is 0.260 e. The van der Waals surface area contributed by atoms with Crippen molar-refractivity contribution in [3.8, 4) is 28.7 Å². The van der Waals surface area contributed by atoms with Crippen LogP contribution < -0.4 is 71.5 Å². The first-order valence-electron chi connectivity index (χ1n) is 37.8. The molecule has 8 aromatic heterocycles. The number of anilines is 6. The Morgan fingerprint density at radius 1 is 0.538 bits per heavy atom. The van der Waals surface area contributed by atoms with E-state index in [-0.39, 0.29) is 122 Å². The van der Waals surface area contributed by atoms with Gasteiger partial charge in [-0.15, -0.1) is 0 Å². The van der Waals surface area contributed by atoms with Crippen LogP contribution in [0.2, 0.25) is 20.5 Å². The molecule has 0 spiro atoms. The lowest BCUT2D eigenvalue weighted by Crippen LogP contribution is -2.37. The highest BCUT2D eigenvalue weighted by molar-refractivity contribution is 6.43. The monoisotopic (exact) mass is 1710 g/mol. The molecule has 0 unspecified atom stereocenters. The summed E-state index contributed by atoms with van der Waals surface area (Å²) in [5.74, 6) is 0.816. The van der Waals surface area contributed by atoms with Crippen molar-refractivity contribution in [2.24, 2.45) is 0 Å². The standard InChI is InChI=1S/C28H33Cl2N7O5.C28H33ClN8O3.C24H26ClN7O5/c1-6-36(7-2)9-8-32-26(38)15-10-17(33-13-15)12-18-20-24(30)34-28(31)35-25(20)37(27(18)39)14-16-11-19(29)22(41-4)23(42-5)21(16)40-3;1-16-13-33-21(17(2)23(16)40-3)15-37-25-22(24(29)34-28(30)35-25)20(27(37)39)12-19-11-18(14-32-19)26(38)31-7-10-36-8-5-4-6-9-36;1-11-6-28-17(12(2)19(11)37-3)9-32-21-18(20(25)30-24(26)31-21)16(23(32)36)5-14-4-13(7-27-14)22(35)29-8-15(34)10-33/h10-13,33H,6-9,14H2,1-5H3,(H,32,38)(H2,31,34,35);11-14,32H,4-10,15H2,1-3H3,(H,31,38)(H2,30,34,35);4-7,15,27,33-34H,8-10H2,1-3H3,(H,29,35)(H2,26,30,31)/b18-12-;20-12-;16-5-/t;;15-/m..0/s1. The number of aliphatic hydroxyl groups is 2. The van der Waals surface area contributed by atoms with Crippen molar-refractivity contribution in [3.63, 3.8) is 0 Å². The Morgan fingerprint density at radius 2 is 0.924 bits per heavy atom. The number of nitrogens with zero attached hydrogens (tertiary/aromatic N) is 13. The summed E-state index contributed by atoms with van der Waals surface area (Å²) in [7, 11) is 7.57. The van der Waals surface area contributed by atoms with Crippen LogP contribution in [0.3, 0.4) is 0 Å². The number of aryl methyl sites for hydroxylation is 2. The Bertz CT molecular complexity index is 5450. The average molecular weight is 1710 g/mol. The number of likely N-dealkylation sites (N-methyl/N-ethyl adjacent to an activating group) is 1.